The lowest BCUT2D eigenvalue weighted by Gasteiger charge is -2.36. The zero-order valence-corrected chi connectivity index (χ0v) is 19.7. The summed E-state index contributed by atoms with van der Waals surface area (Å²) in [5, 5.41) is 7.33. The molecule has 1 aromatic heterocycles. The second-order valence-corrected chi connectivity index (χ2v) is 7.54. The van der Waals surface area contributed by atoms with Crippen molar-refractivity contribution in [2.45, 2.75) is 20.4 Å². The van der Waals surface area contributed by atoms with Gasteiger partial charge in [-0.1, -0.05) is 0 Å². The van der Waals surface area contributed by atoms with E-state index >= 15 is 0 Å². The number of halogens is 1. The van der Waals surface area contributed by atoms with E-state index in [1.165, 1.54) is 4.88 Å². The molecule has 27 heavy (non-hydrogen) atoms. The lowest BCUT2D eigenvalue weighted by Crippen LogP contribution is -2.54. The number of ether oxygens (including phenoxy) is 1. The van der Waals surface area contributed by atoms with Crippen molar-refractivity contribution in [1.29, 1.82) is 0 Å². The van der Waals surface area contributed by atoms with Crippen molar-refractivity contribution in [3.63, 3.8) is 0 Å². The van der Waals surface area contributed by atoms with Gasteiger partial charge in [-0.15, -0.1) is 35.3 Å². The summed E-state index contributed by atoms with van der Waals surface area (Å²) in [6.45, 7) is 9.73. The first-order chi connectivity index (χ1) is 12.5. The molecule has 1 aliphatic heterocycles. The molecule has 0 spiro atoms. The average molecular weight is 510 g/mol. The van der Waals surface area contributed by atoms with Crippen LogP contribution < -0.4 is 10.6 Å². The Labute approximate surface area is 182 Å². The summed E-state index contributed by atoms with van der Waals surface area (Å²) in [4.78, 5) is 26.5. The molecule has 0 unspecified atom stereocenters. The Morgan fingerprint density at radius 1 is 1.26 bits per heavy atom. The highest BCUT2D eigenvalue weighted by Crippen LogP contribution is 2.16. The molecule has 1 aromatic rings. The summed E-state index contributed by atoms with van der Waals surface area (Å²) < 4.78 is 4.94. The molecule has 1 saturated heterocycles. The monoisotopic (exact) mass is 510 g/mol. The van der Waals surface area contributed by atoms with Gasteiger partial charge in [-0.05, 0) is 13.8 Å². The number of hydrogen-bond donors (Lipinski definition) is 2. The fourth-order valence-corrected chi connectivity index (χ4v) is 3.64. The van der Waals surface area contributed by atoms with Gasteiger partial charge in [0.05, 0.1) is 25.4 Å². The Bertz CT molecular complexity index is 597. The minimum Gasteiger partial charge on any atom is -0.383 e. The topological polar surface area (TPSA) is 82.1 Å². The van der Waals surface area contributed by atoms with E-state index in [0.29, 0.717) is 26.2 Å². The van der Waals surface area contributed by atoms with E-state index in [2.05, 4.69) is 37.3 Å². The van der Waals surface area contributed by atoms with Crippen molar-refractivity contribution in [2.24, 2.45) is 4.99 Å². The van der Waals surface area contributed by atoms with Crippen LogP contribution in [0.2, 0.25) is 0 Å². The molecule has 0 aromatic carbocycles. The van der Waals surface area contributed by atoms with Crippen LogP contribution in [0.3, 0.4) is 0 Å². The Morgan fingerprint density at radius 2 is 1.96 bits per heavy atom. The highest BCUT2D eigenvalue weighted by molar-refractivity contribution is 14.0. The van der Waals surface area contributed by atoms with Crippen LogP contribution >= 0.6 is 35.3 Å². The first-order valence-corrected chi connectivity index (χ1v) is 9.71. The molecule has 2 N–H and O–H groups in total. The van der Waals surface area contributed by atoms with Gasteiger partial charge in [-0.2, -0.15) is 0 Å². The maximum atomic E-state index is 11.9. The van der Waals surface area contributed by atoms with Crippen molar-refractivity contribution in [3.05, 3.63) is 15.6 Å². The van der Waals surface area contributed by atoms with Crippen molar-refractivity contribution in [3.8, 4) is 0 Å². The predicted molar refractivity (Wildman–Crippen MR) is 120 cm³/mol. The second kappa shape index (κ2) is 12.5. The number of thiazole rings is 1. The molecule has 2 rings (SSSR count). The highest BCUT2D eigenvalue weighted by atomic mass is 127. The number of methoxy groups -OCH3 is 1. The Kier molecular flexibility index (Phi) is 11.1. The van der Waals surface area contributed by atoms with Crippen LogP contribution in [-0.2, 0) is 16.1 Å². The van der Waals surface area contributed by atoms with Gasteiger partial charge in [0, 0.05) is 51.8 Å². The molecule has 0 aliphatic carbocycles. The standard InChI is InChI=1S/C17H30N6O2S.HI/c1-13-14(2)26-16(21-13)11-20-17(18-3)23-8-6-22(7-9-23)12-15(24)19-5-10-25-4;/h5-12H2,1-4H3,(H,18,20)(H,19,24);1H. The van der Waals surface area contributed by atoms with Gasteiger partial charge in [0.25, 0.3) is 0 Å². The van der Waals surface area contributed by atoms with E-state index in [-0.39, 0.29) is 29.9 Å². The van der Waals surface area contributed by atoms with Gasteiger partial charge >= 0.3 is 0 Å². The van der Waals surface area contributed by atoms with E-state index < -0.39 is 0 Å². The predicted octanol–water partition coefficient (Wildman–Crippen LogP) is 0.834. The number of nitrogens with zero attached hydrogens (tertiary/aromatic N) is 4. The Hall–Kier alpha value is -0.980. The minimum absolute atomic E-state index is 0. The number of aliphatic imine (C=N–C) groups is 1. The van der Waals surface area contributed by atoms with E-state index in [1.54, 1.807) is 25.5 Å². The maximum Gasteiger partial charge on any atom is 0.234 e. The SMILES string of the molecule is CN=C(NCc1nc(C)c(C)s1)N1CCN(CC(=O)NCCOC)CC1.I. The van der Waals surface area contributed by atoms with Crippen LogP contribution in [0, 0.1) is 13.8 Å². The summed E-state index contributed by atoms with van der Waals surface area (Å²) in [6.07, 6.45) is 0. The van der Waals surface area contributed by atoms with Gasteiger partial charge in [0.1, 0.15) is 5.01 Å². The van der Waals surface area contributed by atoms with Crippen molar-refractivity contribution in [1.82, 2.24) is 25.4 Å². The maximum absolute atomic E-state index is 11.9. The molecular weight excluding hydrogens is 479 g/mol. The van der Waals surface area contributed by atoms with Crippen LogP contribution in [-0.4, -0.2) is 86.7 Å². The molecule has 1 aliphatic rings. The van der Waals surface area contributed by atoms with Crippen LogP contribution in [0.4, 0.5) is 0 Å². The molecule has 0 bridgehead atoms. The molecule has 2 heterocycles. The molecule has 0 radical (unpaired) electrons. The van der Waals surface area contributed by atoms with Gasteiger partial charge in [-0.3, -0.25) is 14.7 Å². The first-order valence-electron chi connectivity index (χ1n) is 8.90. The van der Waals surface area contributed by atoms with Crippen molar-refractivity contribution in [2.75, 3.05) is 60.0 Å². The number of carbonyl (C=O) groups is 1. The molecule has 0 atom stereocenters. The summed E-state index contributed by atoms with van der Waals surface area (Å²) in [7, 11) is 3.43. The summed E-state index contributed by atoms with van der Waals surface area (Å²) >= 11 is 1.72. The number of rotatable bonds is 7. The van der Waals surface area contributed by atoms with E-state index in [9.17, 15) is 4.79 Å². The van der Waals surface area contributed by atoms with E-state index in [4.69, 9.17) is 4.74 Å². The second-order valence-electron chi connectivity index (χ2n) is 6.26. The lowest BCUT2D eigenvalue weighted by atomic mass is 10.3. The van der Waals surface area contributed by atoms with Crippen LogP contribution in [0.15, 0.2) is 4.99 Å². The molecular formula is C17H31IN6O2S. The Morgan fingerprint density at radius 3 is 2.52 bits per heavy atom. The number of guanidine groups is 1. The third-order valence-electron chi connectivity index (χ3n) is 4.35. The third-order valence-corrected chi connectivity index (χ3v) is 5.42. The number of carbonyl (C=O) groups excluding carboxylic acids is 1. The summed E-state index contributed by atoms with van der Waals surface area (Å²) in [6, 6.07) is 0. The molecule has 154 valence electrons. The smallest absolute Gasteiger partial charge is 0.234 e. The van der Waals surface area contributed by atoms with Crippen LogP contribution in [0.1, 0.15) is 15.6 Å². The van der Waals surface area contributed by atoms with Gasteiger partial charge < -0.3 is 20.3 Å². The largest absolute Gasteiger partial charge is 0.383 e. The van der Waals surface area contributed by atoms with Gasteiger partial charge in [0.2, 0.25) is 5.91 Å². The quantitative estimate of drug-likeness (QED) is 0.245. The fourth-order valence-electron chi connectivity index (χ4n) is 2.77. The average Bonchev–Trinajstić information content (AvgIpc) is 2.95. The van der Waals surface area contributed by atoms with E-state index in [0.717, 1.165) is 42.8 Å². The summed E-state index contributed by atoms with van der Waals surface area (Å²) in [5.74, 6) is 0.937. The molecule has 10 heteroatoms. The first kappa shape index (κ1) is 24.1. The highest BCUT2D eigenvalue weighted by Gasteiger charge is 2.21. The van der Waals surface area contributed by atoms with Gasteiger partial charge in [-0.25, -0.2) is 4.98 Å². The molecule has 1 amide bonds. The number of amides is 1. The third kappa shape index (κ3) is 7.88. The van der Waals surface area contributed by atoms with Crippen molar-refractivity contribution < 1.29 is 9.53 Å². The van der Waals surface area contributed by atoms with Crippen LogP contribution in [0.25, 0.3) is 0 Å². The molecule has 0 saturated carbocycles. The number of aromatic nitrogens is 1. The van der Waals surface area contributed by atoms with Crippen molar-refractivity contribution >= 4 is 47.2 Å². The molecule has 8 nitrogen and oxygen atoms in total. The lowest BCUT2D eigenvalue weighted by molar-refractivity contribution is -0.122. The number of aryl methyl sites for hydroxylation is 2. The minimum atomic E-state index is 0. The zero-order chi connectivity index (χ0) is 18.9. The summed E-state index contributed by atoms with van der Waals surface area (Å²) in [5.41, 5.74) is 1.10. The number of hydrogen-bond acceptors (Lipinski definition) is 6. The van der Waals surface area contributed by atoms with Crippen LogP contribution in [0.5, 0.6) is 0 Å². The zero-order valence-electron chi connectivity index (χ0n) is 16.6. The number of nitrogens with one attached hydrogen (secondary N) is 2. The Balaban J connectivity index is 0.00000364. The van der Waals surface area contributed by atoms with E-state index in [1.807, 2.05) is 6.92 Å². The molecule has 1 fully saturated rings. The normalized spacial score (nSPS) is 15.4. The number of piperazine rings is 1. The van der Waals surface area contributed by atoms with Gasteiger partial charge in [0.15, 0.2) is 5.96 Å². The fraction of sp³-hybridized carbons (Fsp3) is 0.706.